The maximum Gasteiger partial charge on any atom is 0.161 e. The molecule has 1 aromatic carbocycles. The molecular weight excluding hydrogens is 334 g/mol. The number of nitrogens with zero attached hydrogens (tertiary/aromatic N) is 1. The molecule has 3 aliphatic rings. The molecule has 1 unspecified atom stereocenters. The van der Waals surface area contributed by atoms with Crippen molar-refractivity contribution in [3.05, 3.63) is 52.3 Å². The van der Waals surface area contributed by atoms with Crippen LogP contribution in [0.4, 0.5) is 0 Å². The predicted molar refractivity (Wildman–Crippen MR) is 97.0 cm³/mol. The van der Waals surface area contributed by atoms with Crippen molar-refractivity contribution in [1.29, 1.82) is 0 Å². The van der Waals surface area contributed by atoms with E-state index in [1.807, 2.05) is 24.3 Å². The number of hydrogen-bond donors (Lipinski definition) is 0. The van der Waals surface area contributed by atoms with Crippen molar-refractivity contribution < 1.29 is 23.6 Å². The summed E-state index contributed by atoms with van der Waals surface area (Å²) in [4.78, 5) is 0. The summed E-state index contributed by atoms with van der Waals surface area (Å²) < 4.78 is 22.0. The molecule has 0 fully saturated rings. The number of fused-ring (bicyclic) bond motifs is 1. The first-order valence-corrected chi connectivity index (χ1v) is 8.82. The van der Waals surface area contributed by atoms with Crippen LogP contribution >= 0.6 is 0 Å². The standard InChI is InChI=1S/C20H25NO5/c1-23-14-6-5-13-7-8-21(22)12-19(26-4)15-9-17(24-2)18(25-3)10-16(15)20(13,21)11-14/h5-7,9-10,14,19H,8,11-12H2,1-4H3/t14-,19-,20+,21?/m1/s1. The van der Waals surface area contributed by atoms with Gasteiger partial charge in [-0.25, -0.2) is 0 Å². The van der Waals surface area contributed by atoms with Gasteiger partial charge < -0.3 is 28.8 Å². The summed E-state index contributed by atoms with van der Waals surface area (Å²) in [5, 5.41) is 14.0. The second-order valence-corrected chi connectivity index (χ2v) is 7.13. The van der Waals surface area contributed by atoms with E-state index in [4.69, 9.17) is 18.9 Å². The van der Waals surface area contributed by atoms with Gasteiger partial charge in [0.05, 0.1) is 26.9 Å². The van der Waals surface area contributed by atoms with Gasteiger partial charge in [-0.3, -0.25) is 0 Å². The van der Waals surface area contributed by atoms with Gasteiger partial charge in [0, 0.05) is 37.3 Å². The van der Waals surface area contributed by atoms with Crippen LogP contribution in [-0.4, -0.2) is 52.3 Å². The molecule has 0 radical (unpaired) electrons. The molecule has 0 bridgehead atoms. The SMILES string of the molecule is COc1cc2c(cc1OC)[C@]13C[C@H](OC)C=CC1=CC[N+]3([O-])C[C@H]2OC. The lowest BCUT2D eigenvalue weighted by molar-refractivity contribution is -0.930. The summed E-state index contributed by atoms with van der Waals surface area (Å²) >= 11 is 0. The molecule has 0 saturated carbocycles. The van der Waals surface area contributed by atoms with Gasteiger partial charge in [-0.15, -0.1) is 0 Å². The van der Waals surface area contributed by atoms with Crippen LogP contribution in [0.3, 0.4) is 0 Å². The van der Waals surface area contributed by atoms with Crippen LogP contribution in [0.15, 0.2) is 35.9 Å². The fourth-order valence-corrected chi connectivity index (χ4v) is 4.83. The zero-order valence-electron chi connectivity index (χ0n) is 15.7. The first-order valence-electron chi connectivity index (χ1n) is 8.82. The quantitative estimate of drug-likeness (QED) is 0.611. The fraction of sp³-hybridized carbons (Fsp3) is 0.500. The van der Waals surface area contributed by atoms with Crippen LogP contribution in [-0.2, 0) is 15.0 Å². The Kier molecular flexibility index (Phi) is 4.11. The zero-order valence-corrected chi connectivity index (χ0v) is 15.7. The van der Waals surface area contributed by atoms with E-state index < -0.39 is 5.54 Å². The fourth-order valence-electron chi connectivity index (χ4n) is 4.83. The molecule has 140 valence electrons. The van der Waals surface area contributed by atoms with Crippen LogP contribution in [0.2, 0.25) is 0 Å². The van der Waals surface area contributed by atoms with Gasteiger partial charge in [0.15, 0.2) is 17.0 Å². The van der Waals surface area contributed by atoms with E-state index in [1.54, 1.807) is 28.4 Å². The summed E-state index contributed by atoms with van der Waals surface area (Å²) in [6.45, 7) is 0.799. The smallest absolute Gasteiger partial charge is 0.161 e. The van der Waals surface area contributed by atoms with E-state index in [2.05, 4.69) is 6.08 Å². The highest BCUT2D eigenvalue weighted by atomic mass is 16.6. The molecule has 2 heterocycles. The van der Waals surface area contributed by atoms with Gasteiger partial charge in [-0.2, -0.15) is 0 Å². The number of methoxy groups -OCH3 is 4. The van der Waals surface area contributed by atoms with Crippen LogP contribution in [0, 0.1) is 5.21 Å². The molecule has 4 rings (SSSR count). The lowest BCUT2D eigenvalue weighted by Crippen LogP contribution is -2.62. The lowest BCUT2D eigenvalue weighted by Gasteiger charge is -2.59. The van der Waals surface area contributed by atoms with Crippen LogP contribution < -0.4 is 9.47 Å². The first-order chi connectivity index (χ1) is 12.5. The summed E-state index contributed by atoms with van der Waals surface area (Å²) in [5.74, 6) is 1.27. The highest BCUT2D eigenvalue weighted by Crippen LogP contribution is 2.58. The zero-order chi connectivity index (χ0) is 18.5. The molecule has 0 saturated heterocycles. The summed E-state index contributed by atoms with van der Waals surface area (Å²) in [6.07, 6.45) is 6.37. The maximum absolute atomic E-state index is 14.0. The molecule has 26 heavy (non-hydrogen) atoms. The van der Waals surface area contributed by atoms with Gasteiger partial charge in [-0.05, 0) is 18.2 Å². The Morgan fingerprint density at radius 2 is 1.81 bits per heavy atom. The Balaban J connectivity index is 1.99. The molecule has 1 aromatic rings. The summed E-state index contributed by atoms with van der Waals surface area (Å²) in [6, 6.07) is 3.91. The van der Waals surface area contributed by atoms with Gasteiger partial charge in [0.2, 0.25) is 0 Å². The van der Waals surface area contributed by atoms with E-state index in [1.165, 1.54) is 0 Å². The minimum Gasteiger partial charge on any atom is -0.632 e. The molecule has 1 spiro atoms. The first kappa shape index (κ1) is 17.5. The molecule has 4 atom stereocenters. The average molecular weight is 359 g/mol. The topological polar surface area (TPSA) is 60.0 Å². The van der Waals surface area contributed by atoms with Crippen LogP contribution in [0.1, 0.15) is 23.7 Å². The predicted octanol–water partition coefficient (Wildman–Crippen LogP) is 2.83. The van der Waals surface area contributed by atoms with Crippen molar-refractivity contribution in [3.8, 4) is 11.5 Å². The Hall–Kier alpha value is -1.86. The number of hydrogen-bond acceptors (Lipinski definition) is 5. The van der Waals surface area contributed by atoms with Crippen molar-refractivity contribution in [2.45, 2.75) is 24.2 Å². The molecule has 0 amide bonds. The van der Waals surface area contributed by atoms with E-state index in [9.17, 15) is 5.21 Å². The Morgan fingerprint density at radius 3 is 2.46 bits per heavy atom. The minimum absolute atomic E-state index is 0.100. The van der Waals surface area contributed by atoms with E-state index >= 15 is 0 Å². The number of ether oxygens (including phenoxy) is 4. The second-order valence-electron chi connectivity index (χ2n) is 7.13. The van der Waals surface area contributed by atoms with Crippen molar-refractivity contribution >= 4 is 0 Å². The number of benzene rings is 1. The molecular formula is C20H25NO5. The van der Waals surface area contributed by atoms with Crippen molar-refractivity contribution in [1.82, 2.24) is 0 Å². The number of hydroxylamine groups is 3. The van der Waals surface area contributed by atoms with Crippen molar-refractivity contribution in [2.24, 2.45) is 0 Å². The second kappa shape index (κ2) is 6.09. The molecule has 6 heteroatoms. The number of rotatable bonds is 4. The van der Waals surface area contributed by atoms with E-state index in [0.717, 1.165) is 16.7 Å². The largest absolute Gasteiger partial charge is 0.632 e. The van der Waals surface area contributed by atoms with Gasteiger partial charge in [0.25, 0.3) is 0 Å². The Morgan fingerprint density at radius 1 is 1.08 bits per heavy atom. The monoisotopic (exact) mass is 359 g/mol. The van der Waals surface area contributed by atoms with Crippen molar-refractivity contribution in [2.75, 3.05) is 41.5 Å². The average Bonchev–Trinajstić information content (AvgIpc) is 2.98. The van der Waals surface area contributed by atoms with Crippen LogP contribution in [0.25, 0.3) is 0 Å². The van der Waals surface area contributed by atoms with Gasteiger partial charge in [0.1, 0.15) is 12.6 Å². The van der Waals surface area contributed by atoms with Gasteiger partial charge in [-0.1, -0.05) is 12.2 Å². The summed E-state index contributed by atoms with van der Waals surface area (Å²) in [7, 11) is 6.57. The third-order valence-corrected chi connectivity index (χ3v) is 6.16. The van der Waals surface area contributed by atoms with Crippen LogP contribution in [0.5, 0.6) is 11.5 Å². The number of quaternary nitrogens is 1. The molecule has 1 aliphatic carbocycles. The normalized spacial score (nSPS) is 34.6. The third-order valence-electron chi connectivity index (χ3n) is 6.16. The molecule has 0 N–H and O–H groups in total. The lowest BCUT2D eigenvalue weighted by atomic mass is 9.70. The van der Waals surface area contributed by atoms with Crippen molar-refractivity contribution in [3.63, 3.8) is 0 Å². The Labute approximate surface area is 153 Å². The highest BCUT2D eigenvalue weighted by Gasteiger charge is 2.60. The molecule has 2 aliphatic heterocycles. The van der Waals surface area contributed by atoms with E-state index in [0.29, 0.717) is 31.0 Å². The molecule has 6 nitrogen and oxygen atoms in total. The minimum atomic E-state index is -0.695. The Bertz CT molecular complexity index is 789. The van der Waals surface area contributed by atoms with Gasteiger partial charge >= 0.3 is 0 Å². The highest BCUT2D eigenvalue weighted by molar-refractivity contribution is 5.56. The van der Waals surface area contributed by atoms with E-state index in [-0.39, 0.29) is 16.9 Å². The maximum atomic E-state index is 14.0. The molecule has 0 aromatic heterocycles. The summed E-state index contributed by atoms with van der Waals surface area (Å²) in [5.41, 5.74) is 2.31. The third kappa shape index (κ3) is 2.13.